The average molecular weight is 407 g/mol. The van der Waals surface area contributed by atoms with Crippen LogP contribution in [0.2, 0.25) is 5.02 Å². The van der Waals surface area contributed by atoms with Gasteiger partial charge in [-0.3, -0.25) is 19.7 Å². The molecule has 0 saturated carbocycles. The predicted octanol–water partition coefficient (Wildman–Crippen LogP) is 2.57. The molecule has 2 aromatic carbocycles. The van der Waals surface area contributed by atoms with Crippen LogP contribution in [-0.2, 0) is 0 Å². The maximum Gasteiger partial charge on any atom is 0.295 e. The maximum atomic E-state index is 13.7. The molecule has 1 fully saturated rings. The molecule has 10 heteroatoms. The van der Waals surface area contributed by atoms with Gasteiger partial charge in [-0.25, -0.2) is 4.39 Å². The van der Waals surface area contributed by atoms with Crippen molar-refractivity contribution in [2.24, 2.45) is 0 Å². The zero-order valence-electron chi connectivity index (χ0n) is 14.6. The van der Waals surface area contributed by atoms with E-state index in [2.05, 4.69) is 0 Å². The molecule has 0 bridgehead atoms. The zero-order valence-corrected chi connectivity index (χ0v) is 15.4. The highest BCUT2D eigenvalue weighted by atomic mass is 35.5. The fourth-order valence-corrected chi connectivity index (χ4v) is 3.12. The third kappa shape index (κ3) is 3.89. The second kappa shape index (κ2) is 7.81. The number of nitrogen functional groups attached to an aromatic ring is 1. The highest BCUT2D eigenvalue weighted by molar-refractivity contribution is 6.30. The van der Waals surface area contributed by atoms with E-state index in [1.54, 1.807) is 29.2 Å². The molecule has 1 heterocycles. The summed E-state index contributed by atoms with van der Waals surface area (Å²) in [5.74, 6) is -1.72. The van der Waals surface area contributed by atoms with Crippen LogP contribution in [0.25, 0.3) is 0 Å². The van der Waals surface area contributed by atoms with E-state index in [1.807, 2.05) is 0 Å². The van der Waals surface area contributed by atoms with Crippen LogP contribution in [0.1, 0.15) is 20.7 Å². The summed E-state index contributed by atoms with van der Waals surface area (Å²) in [6, 6.07) is 8.04. The quantitative estimate of drug-likeness (QED) is 0.478. The second-order valence-electron chi connectivity index (χ2n) is 6.23. The van der Waals surface area contributed by atoms with Gasteiger partial charge in [-0.2, -0.15) is 0 Å². The van der Waals surface area contributed by atoms with Crippen molar-refractivity contribution in [3.05, 3.63) is 68.5 Å². The Morgan fingerprint density at radius 1 is 1.04 bits per heavy atom. The standard InChI is InChI=1S/C18H16ClFN4O4/c19-12-3-1-11(2-4-12)17(25)22-5-7-23(8-6-22)18(26)14-9-13(20)10-15(16(14)21)24(27)28/h1-4,9-10H,5-8,21H2. The first-order valence-corrected chi connectivity index (χ1v) is 8.73. The van der Waals surface area contributed by atoms with Gasteiger partial charge in [0.05, 0.1) is 16.6 Å². The molecule has 0 spiro atoms. The van der Waals surface area contributed by atoms with Crippen molar-refractivity contribution in [2.75, 3.05) is 31.9 Å². The minimum absolute atomic E-state index is 0.190. The van der Waals surface area contributed by atoms with Gasteiger partial charge in [0.25, 0.3) is 17.5 Å². The van der Waals surface area contributed by atoms with Crippen molar-refractivity contribution in [2.45, 2.75) is 0 Å². The van der Waals surface area contributed by atoms with Gasteiger partial charge in [0.15, 0.2) is 0 Å². The van der Waals surface area contributed by atoms with Gasteiger partial charge in [0.2, 0.25) is 0 Å². The maximum absolute atomic E-state index is 13.7. The van der Waals surface area contributed by atoms with Crippen molar-refractivity contribution in [3.63, 3.8) is 0 Å². The van der Waals surface area contributed by atoms with E-state index in [9.17, 15) is 24.1 Å². The number of nitro benzene ring substituents is 1. The molecule has 8 nitrogen and oxygen atoms in total. The Labute approximate surface area is 164 Å². The minimum atomic E-state index is -0.916. The molecular formula is C18H16ClFN4O4. The third-order valence-electron chi connectivity index (χ3n) is 4.50. The molecule has 0 atom stereocenters. The summed E-state index contributed by atoms with van der Waals surface area (Å²) in [5.41, 5.74) is 4.88. The molecule has 0 radical (unpaired) electrons. The van der Waals surface area contributed by atoms with E-state index in [-0.39, 0.29) is 43.3 Å². The highest BCUT2D eigenvalue weighted by Crippen LogP contribution is 2.28. The number of carbonyl (C=O) groups is 2. The number of halogens is 2. The minimum Gasteiger partial charge on any atom is -0.393 e. The van der Waals surface area contributed by atoms with E-state index in [1.165, 1.54) is 4.90 Å². The van der Waals surface area contributed by atoms with E-state index < -0.39 is 22.3 Å². The Bertz CT molecular complexity index is 943. The van der Waals surface area contributed by atoms with Crippen LogP contribution in [0.15, 0.2) is 36.4 Å². The summed E-state index contributed by atoms with van der Waals surface area (Å²) in [5, 5.41) is 11.5. The third-order valence-corrected chi connectivity index (χ3v) is 4.75. The Hall–Kier alpha value is -3.20. The van der Waals surface area contributed by atoms with Crippen LogP contribution in [0.3, 0.4) is 0 Å². The number of carbonyl (C=O) groups excluding carboxylic acids is 2. The lowest BCUT2D eigenvalue weighted by molar-refractivity contribution is -0.384. The number of nitrogens with zero attached hydrogens (tertiary/aromatic N) is 3. The van der Waals surface area contributed by atoms with Crippen molar-refractivity contribution in [3.8, 4) is 0 Å². The Kier molecular flexibility index (Phi) is 5.46. The zero-order chi connectivity index (χ0) is 20.4. The molecule has 2 amide bonds. The van der Waals surface area contributed by atoms with Gasteiger partial charge in [-0.15, -0.1) is 0 Å². The van der Waals surface area contributed by atoms with Crippen LogP contribution >= 0.6 is 11.6 Å². The SMILES string of the molecule is Nc1c(C(=O)N2CCN(C(=O)c3ccc(Cl)cc3)CC2)cc(F)cc1[N+](=O)[O-]. The lowest BCUT2D eigenvalue weighted by Crippen LogP contribution is -2.50. The summed E-state index contributed by atoms with van der Waals surface area (Å²) in [6.07, 6.45) is 0. The van der Waals surface area contributed by atoms with Gasteiger partial charge in [-0.05, 0) is 30.3 Å². The van der Waals surface area contributed by atoms with Gasteiger partial charge in [0.1, 0.15) is 11.5 Å². The number of hydrogen-bond donors (Lipinski definition) is 1. The molecule has 28 heavy (non-hydrogen) atoms. The molecule has 0 unspecified atom stereocenters. The lowest BCUT2D eigenvalue weighted by Gasteiger charge is -2.35. The monoisotopic (exact) mass is 406 g/mol. The van der Waals surface area contributed by atoms with Crippen LogP contribution < -0.4 is 5.73 Å². The fourth-order valence-electron chi connectivity index (χ4n) is 2.99. The summed E-state index contributed by atoms with van der Waals surface area (Å²) in [6.45, 7) is 0.929. The summed E-state index contributed by atoms with van der Waals surface area (Å²) in [7, 11) is 0. The van der Waals surface area contributed by atoms with E-state index in [0.29, 0.717) is 16.7 Å². The Balaban J connectivity index is 1.71. The van der Waals surface area contributed by atoms with Gasteiger partial charge < -0.3 is 15.5 Å². The predicted molar refractivity (Wildman–Crippen MR) is 101 cm³/mol. The topological polar surface area (TPSA) is 110 Å². The van der Waals surface area contributed by atoms with Crippen LogP contribution in [0, 0.1) is 15.9 Å². The largest absolute Gasteiger partial charge is 0.393 e. The molecule has 1 aliphatic heterocycles. The number of piperazine rings is 1. The average Bonchev–Trinajstić information content (AvgIpc) is 2.69. The smallest absolute Gasteiger partial charge is 0.295 e. The highest BCUT2D eigenvalue weighted by Gasteiger charge is 2.29. The molecule has 3 rings (SSSR count). The number of hydrogen-bond acceptors (Lipinski definition) is 5. The molecule has 1 saturated heterocycles. The molecule has 0 aliphatic carbocycles. The molecule has 2 N–H and O–H groups in total. The number of nitro groups is 1. The van der Waals surface area contributed by atoms with E-state index in [0.717, 1.165) is 6.07 Å². The van der Waals surface area contributed by atoms with Crippen molar-refractivity contribution < 1.29 is 18.9 Å². The number of nitrogens with two attached hydrogens (primary N) is 1. The number of anilines is 1. The first kappa shape index (κ1) is 19.6. The lowest BCUT2D eigenvalue weighted by atomic mass is 10.1. The Morgan fingerprint density at radius 2 is 1.57 bits per heavy atom. The summed E-state index contributed by atoms with van der Waals surface area (Å²) in [4.78, 5) is 38.3. The van der Waals surface area contributed by atoms with E-state index in [4.69, 9.17) is 17.3 Å². The van der Waals surface area contributed by atoms with Crippen molar-refractivity contribution in [1.82, 2.24) is 9.80 Å². The van der Waals surface area contributed by atoms with Gasteiger partial charge in [-0.1, -0.05) is 11.6 Å². The first-order chi connectivity index (χ1) is 13.3. The van der Waals surface area contributed by atoms with Crippen LogP contribution in [0.4, 0.5) is 15.8 Å². The normalized spacial score (nSPS) is 14.1. The molecule has 1 aliphatic rings. The van der Waals surface area contributed by atoms with E-state index >= 15 is 0 Å². The molecular weight excluding hydrogens is 391 g/mol. The number of amides is 2. The van der Waals surface area contributed by atoms with Gasteiger partial charge in [0, 0.05) is 36.8 Å². The summed E-state index contributed by atoms with van der Waals surface area (Å²) >= 11 is 5.82. The van der Waals surface area contributed by atoms with Crippen LogP contribution in [0.5, 0.6) is 0 Å². The first-order valence-electron chi connectivity index (χ1n) is 8.35. The molecule has 2 aromatic rings. The van der Waals surface area contributed by atoms with Gasteiger partial charge >= 0.3 is 0 Å². The number of rotatable bonds is 3. The Morgan fingerprint density at radius 3 is 2.11 bits per heavy atom. The summed E-state index contributed by atoms with van der Waals surface area (Å²) < 4.78 is 13.7. The second-order valence-corrected chi connectivity index (χ2v) is 6.67. The van der Waals surface area contributed by atoms with Crippen molar-refractivity contribution >= 4 is 34.8 Å². The fraction of sp³-hybridized carbons (Fsp3) is 0.222. The molecule has 146 valence electrons. The van der Waals surface area contributed by atoms with Crippen LogP contribution in [-0.4, -0.2) is 52.7 Å². The number of benzene rings is 2. The van der Waals surface area contributed by atoms with Crippen molar-refractivity contribution in [1.29, 1.82) is 0 Å². The molecule has 0 aromatic heterocycles.